The van der Waals surface area contributed by atoms with Crippen molar-refractivity contribution in [3.63, 3.8) is 0 Å². The van der Waals surface area contributed by atoms with Gasteiger partial charge in [-0.25, -0.2) is 0 Å². The summed E-state index contributed by atoms with van der Waals surface area (Å²) in [6, 6.07) is 8.50. The van der Waals surface area contributed by atoms with Crippen LogP contribution >= 0.6 is 0 Å². The third-order valence-electron chi connectivity index (χ3n) is 4.15. The summed E-state index contributed by atoms with van der Waals surface area (Å²) in [5.41, 5.74) is 2.46. The van der Waals surface area contributed by atoms with Gasteiger partial charge in [0.1, 0.15) is 0 Å². The maximum atomic E-state index is 5.46. The molecule has 0 spiro atoms. The summed E-state index contributed by atoms with van der Waals surface area (Å²) < 4.78 is 18.2. The molecular formula is C16H19N3O3. The fourth-order valence-electron chi connectivity index (χ4n) is 3.20. The minimum atomic E-state index is 0.262. The van der Waals surface area contributed by atoms with Crippen molar-refractivity contribution in [3.8, 4) is 11.5 Å². The maximum Gasteiger partial charge on any atom is 0.231 e. The smallest absolute Gasteiger partial charge is 0.231 e. The zero-order valence-corrected chi connectivity index (χ0v) is 12.6. The zero-order valence-electron chi connectivity index (χ0n) is 12.6. The minimum absolute atomic E-state index is 0.262. The molecule has 1 atom stereocenters. The zero-order chi connectivity index (χ0) is 14.9. The van der Waals surface area contributed by atoms with Gasteiger partial charge in [0.2, 0.25) is 6.79 Å². The van der Waals surface area contributed by atoms with Crippen molar-refractivity contribution in [1.82, 2.24) is 14.7 Å². The summed E-state index contributed by atoms with van der Waals surface area (Å²) in [5.74, 6) is 1.67. The van der Waals surface area contributed by atoms with E-state index in [-0.39, 0.29) is 6.04 Å². The van der Waals surface area contributed by atoms with Gasteiger partial charge in [-0.05, 0) is 23.8 Å². The molecule has 0 bridgehead atoms. The van der Waals surface area contributed by atoms with Gasteiger partial charge in [-0.15, -0.1) is 0 Å². The van der Waals surface area contributed by atoms with E-state index in [9.17, 15) is 0 Å². The first-order valence-corrected chi connectivity index (χ1v) is 7.45. The molecule has 1 aromatic heterocycles. The summed E-state index contributed by atoms with van der Waals surface area (Å²) in [6.45, 7) is 3.69. The number of hydrogen-bond donors (Lipinski definition) is 0. The molecular weight excluding hydrogens is 282 g/mol. The largest absolute Gasteiger partial charge is 0.454 e. The van der Waals surface area contributed by atoms with E-state index in [4.69, 9.17) is 14.2 Å². The third-order valence-corrected chi connectivity index (χ3v) is 4.15. The quantitative estimate of drug-likeness (QED) is 0.862. The van der Waals surface area contributed by atoms with Crippen molar-refractivity contribution < 1.29 is 14.2 Å². The molecule has 22 heavy (non-hydrogen) atoms. The van der Waals surface area contributed by atoms with Gasteiger partial charge in [-0.3, -0.25) is 9.58 Å². The topological polar surface area (TPSA) is 48.8 Å². The predicted molar refractivity (Wildman–Crippen MR) is 79.8 cm³/mol. The van der Waals surface area contributed by atoms with Crippen LogP contribution in [0.1, 0.15) is 17.3 Å². The molecule has 0 unspecified atom stereocenters. The van der Waals surface area contributed by atoms with E-state index >= 15 is 0 Å². The Hall–Kier alpha value is -2.05. The standard InChI is InChI=1S/C16H19N3O3/c1-20-10-14-9-18(8-13-4-5-17-19(13)14)7-12-2-3-15-16(6-12)22-11-21-15/h2-6,14H,7-11H2,1H3/t14-/m1/s1. The maximum absolute atomic E-state index is 5.46. The highest BCUT2D eigenvalue weighted by atomic mass is 16.7. The van der Waals surface area contributed by atoms with Crippen LogP contribution in [0.15, 0.2) is 30.5 Å². The highest BCUT2D eigenvalue weighted by molar-refractivity contribution is 5.44. The Kier molecular flexibility index (Phi) is 3.48. The Bertz CT molecular complexity index is 670. The number of fused-ring (bicyclic) bond motifs is 2. The van der Waals surface area contributed by atoms with Crippen molar-refractivity contribution in [1.29, 1.82) is 0 Å². The first-order valence-electron chi connectivity index (χ1n) is 7.45. The van der Waals surface area contributed by atoms with Gasteiger partial charge in [-0.1, -0.05) is 6.07 Å². The highest BCUT2D eigenvalue weighted by Gasteiger charge is 2.25. The van der Waals surface area contributed by atoms with Gasteiger partial charge in [0.05, 0.1) is 18.3 Å². The lowest BCUT2D eigenvalue weighted by Crippen LogP contribution is -2.39. The van der Waals surface area contributed by atoms with Gasteiger partial charge < -0.3 is 14.2 Å². The molecule has 4 rings (SSSR count). The molecule has 0 aliphatic carbocycles. The summed E-state index contributed by atoms with van der Waals surface area (Å²) in [7, 11) is 1.74. The number of methoxy groups -OCH3 is 1. The average molecular weight is 301 g/mol. The Morgan fingerprint density at radius 2 is 2.18 bits per heavy atom. The number of ether oxygens (including phenoxy) is 3. The van der Waals surface area contributed by atoms with E-state index in [0.717, 1.165) is 31.1 Å². The third kappa shape index (κ3) is 2.44. The van der Waals surface area contributed by atoms with Crippen LogP contribution in [0, 0.1) is 0 Å². The molecule has 0 saturated carbocycles. The Morgan fingerprint density at radius 3 is 3.09 bits per heavy atom. The average Bonchev–Trinajstić information content (AvgIpc) is 3.15. The predicted octanol–water partition coefficient (Wildman–Crippen LogP) is 1.82. The van der Waals surface area contributed by atoms with Crippen molar-refractivity contribution in [2.75, 3.05) is 27.1 Å². The lowest BCUT2D eigenvalue weighted by molar-refractivity contribution is 0.0907. The Balaban J connectivity index is 1.52. The fraction of sp³-hybridized carbons (Fsp3) is 0.438. The molecule has 3 heterocycles. The van der Waals surface area contributed by atoms with Crippen molar-refractivity contribution in [3.05, 3.63) is 41.7 Å². The van der Waals surface area contributed by atoms with Crippen LogP contribution in [0.3, 0.4) is 0 Å². The molecule has 0 amide bonds. The van der Waals surface area contributed by atoms with E-state index in [0.29, 0.717) is 13.4 Å². The molecule has 6 heteroatoms. The van der Waals surface area contributed by atoms with Crippen molar-refractivity contribution in [2.24, 2.45) is 0 Å². The molecule has 2 aliphatic heterocycles. The summed E-state index contributed by atoms with van der Waals surface area (Å²) >= 11 is 0. The van der Waals surface area contributed by atoms with E-state index < -0.39 is 0 Å². The molecule has 0 fully saturated rings. The second-order valence-electron chi connectivity index (χ2n) is 5.73. The molecule has 116 valence electrons. The van der Waals surface area contributed by atoms with Crippen LogP contribution in [0.4, 0.5) is 0 Å². The van der Waals surface area contributed by atoms with Crippen molar-refractivity contribution >= 4 is 0 Å². The van der Waals surface area contributed by atoms with Crippen LogP contribution in [-0.4, -0.2) is 41.7 Å². The molecule has 0 N–H and O–H groups in total. The number of benzene rings is 1. The Labute approximate surface area is 129 Å². The van der Waals surface area contributed by atoms with Gasteiger partial charge in [0, 0.05) is 32.9 Å². The van der Waals surface area contributed by atoms with E-state index in [1.54, 1.807) is 7.11 Å². The minimum Gasteiger partial charge on any atom is -0.454 e. The van der Waals surface area contributed by atoms with Gasteiger partial charge in [-0.2, -0.15) is 5.10 Å². The van der Waals surface area contributed by atoms with Crippen LogP contribution in [0.25, 0.3) is 0 Å². The highest BCUT2D eigenvalue weighted by Crippen LogP contribution is 2.33. The van der Waals surface area contributed by atoms with E-state index in [1.165, 1.54) is 11.3 Å². The normalized spacial score (nSPS) is 20.1. The van der Waals surface area contributed by atoms with Crippen molar-refractivity contribution in [2.45, 2.75) is 19.1 Å². The number of nitrogens with zero attached hydrogens (tertiary/aromatic N) is 3. The van der Waals surface area contributed by atoms with E-state index in [2.05, 4.69) is 32.9 Å². The summed E-state index contributed by atoms with van der Waals surface area (Å²) in [4.78, 5) is 2.41. The lowest BCUT2D eigenvalue weighted by Gasteiger charge is -2.33. The molecule has 2 aromatic rings. The first kappa shape index (κ1) is 13.6. The number of rotatable bonds is 4. The second kappa shape index (κ2) is 5.62. The SMILES string of the molecule is COC[C@H]1CN(Cc2ccc3c(c2)OCO3)Cc2ccnn21. The van der Waals surface area contributed by atoms with Gasteiger partial charge in [0.25, 0.3) is 0 Å². The monoisotopic (exact) mass is 301 g/mol. The van der Waals surface area contributed by atoms with Crippen LogP contribution in [0.2, 0.25) is 0 Å². The van der Waals surface area contributed by atoms with Gasteiger partial charge in [0.15, 0.2) is 11.5 Å². The fourth-order valence-corrected chi connectivity index (χ4v) is 3.20. The number of hydrogen-bond acceptors (Lipinski definition) is 5. The van der Waals surface area contributed by atoms with Crippen LogP contribution < -0.4 is 9.47 Å². The second-order valence-corrected chi connectivity index (χ2v) is 5.73. The Morgan fingerprint density at radius 1 is 1.27 bits per heavy atom. The van der Waals surface area contributed by atoms with Gasteiger partial charge >= 0.3 is 0 Å². The number of aromatic nitrogens is 2. The molecule has 0 radical (unpaired) electrons. The molecule has 1 aromatic carbocycles. The summed E-state index contributed by atoms with van der Waals surface area (Å²) in [6.07, 6.45) is 1.86. The molecule has 0 saturated heterocycles. The first-order chi connectivity index (χ1) is 10.8. The molecule has 6 nitrogen and oxygen atoms in total. The summed E-state index contributed by atoms with van der Waals surface area (Å²) in [5, 5.41) is 4.42. The lowest BCUT2D eigenvalue weighted by atomic mass is 10.1. The van der Waals surface area contributed by atoms with Crippen LogP contribution in [-0.2, 0) is 17.8 Å². The molecule has 2 aliphatic rings. The van der Waals surface area contributed by atoms with Crippen LogP contribution in [0.5, 0.6) is 11.5 Å². The van der Waals surface area contributed by atoms with E-state index in [1.807, 2.05) is 12.3 Å².